The summed E-state index contributed by atoms with van der Waals surface area (Å²) in [5.74, 6) is -0.167. The van der Waals surface area contributed by atoms with Gasteiger partial charge in [-0.2, -0.15) is 0 Å². The number of benzene rings is 2. The monoisotopic (exact) mass is 379 g/mol. The maximum absolute atomic E-state index is 12.3. The number of pyridine rings is 1. The lowest BCUT2D eigenvalue weighted by Gasteiger charge is -2.08. The molecule has 0 aliphatic rings. The van der Waals surface area contributed by atoms with Crippen molar-refractivity contribution in [2.45, 2.75) is 6.42 Å². The van der Waals surface area contributed by atoms with Crippen LogP contribution in [0.2, 0.25) is 5.02 Å². The normalized spacial score (nSPS) is 10.3. The van der Waals surface area contributed by atoms with Crippen LogP contribution in [0.3, 0.4) is 0 Å². The predicted molar refractivity (Wildman–Crippen MR) is 106 cm³/mol. The van der Waals surface area contributed by atoms with Gasteiger partial charge in [0.05, 0.1) is 0 Å². The molecule has 0 spiro atoms. The zero-order chi connectivity index (χ0) is 19.1. The largest absolute Gasteiger partial charge is 0.352 e. The summed E-state index contributed by atoms with van der Waals surface area (Å²) in [5, 5.41) is 6.24. The van der Waals surface area contributed by atoms with Crippen molar-refractivity contribution in [2.75, 3.05) is 11.9 Å². The van der Waals surface area contributed by atoms with Crippen LogP contribution in [0, 0.1) is 0 Å². The van der Waals surface area contributed by atoms with Gasteiger partial charge in [0.25, 0.3) is 11.8 Å². The SMILES string of the molecule is O=C(NCCc1ccc(Cl)cc1)c1ccnc(NC(=O)c2ccccc2)c1. The molecule has 2 N–H and O–H groups in total. The van der Waals surface area contributed by atoms with Crippen LogP contribution in [0.25, 0.3) is 0 Å². The molecule has 136 valence electrons. The van der Waals surface area contributed by atoms with E-state index >= 15 is 0 Å². The fraction of sp³-hybridized carbons (Fsp3) is 0.0952. The summed E-state index contributed by atoms with van der Waals surface area (Å²) in [7, 11) is 0. The molecule has 2 amide bonds. The number of rotatable bonds is 6. The van der Waals surface area contributed by atoms with Crippen molar-refractivity contribution in [1.29, 1.82) is 0 Å². The minimum absolute atomic E-state index is 0.221. The zero-order valence-corrected chi connectivity index (χ0v) is 15.2. The summed E-state index contributed by atoms with van der Waals surface area (Å²) >= 11 is 5.86. The van der Waals surface area contributed by atoms with Gasteiger partial charge in [-0.15, -0.1) is 0 Å². The number of carbonyl (C=O) groups is 2. The second kappa shape index (κ2) is 8.96. The fourth-order valence-corrected chi connectivity index (χ4v) is 2.62. The molecule has 0 saturated carbocycles. The van der Waals surface area contributed by atoms with Gasteiger partial charge in [-0.25, -0.2) is 4.98 Å². The third-order valence-electron chi connectivity index (χ3n) is 3.91. The molecule has 0 fully saturated rings. The number of nitrogens with one attached hydrogen (secondary N) is 2. The first-order chi connectivity index (χ1) is 13.1. The maximum Gasteiger partial charge on any atom is 0.256 e. The molecular weight excluding hydrogens is 362 g/mol. The summed E-state index contributed by atoms with van der Waals surface area (Å²) in [6, 6.07) is 19.5. The summed E-state index contributed by atoms with van der Waals surface area (Å²) in [5.41, 5.74) is 2.05. The average molecular weight is 380 g/mol. The van der Waals surface area contributed by atoms with E-state index in [4.69, 9.17) is 11.6 Å². The molecular formula is C21H18ClN3O2. The van der Waals surface area contributed by atoms with Crippen LogP contribution in [0.1, 0.15) is 26.3 Å². The van der Waals surface area contributed by atoms with Crippen molar-refractivity contribution in [1.82, 2.24) is 10.3 Å². The molecule has 1 aromatic heterocycles. The first kappa shape index (κ1) is 18.6. The third-order valence-corrected chi connectivity index (χ3v) is 4.16. The minimum atomic E-state index is -0.275. The molecule has 0 aliphatic heterocycles. The molecule has 6 heteroatoms. The van der Waals surface area contributed by atoms with E-state index in [1.54, 1.807) is 36.4 Å². The second-order valence-electron chi connectivity index (χ2n) is 5.88. The van der Waals surface area contributed by atoms with Gasteiger partial charge in [0.15, 0.2) is 0 Å². The van der Waals surface area contributed by atoms with Crippen LogP contribution >= 0.6 is 11.6 Å². The Morgan fingerprint density at radius 2 is 1.63 bits per heavy atom. The summed E-state index contributed by atoms with van der Waals surface area (Å²) in [6.45, 7) is 0.495. The predicted octanol–water partition coefficient (Wildman–Crippen LogP) is 3.96. The van der Waals surface area contributed by atoms with Gasteiger partial charge in [0, 0.05) is 28.9 Å². The highest BCUT2D eigenvalue weighted by molar-refractivity contribution is 6.30. The van der Waals surface area contributed by atoms with Crippen LogP contribution in [-0.4, -0.2) is 23.3 Å². The molecule has 0 saturated heterocycles. The molecule has 0 atom stereocenters. The first-order valence-electron chi connectivity index (χ1n) is 8.47. The Balaban J connectivity index is 1.56. The summed E-state index contributed by atoms with van der Waals surface area (Å²) in [4.78, 5) is 28.6. The minimum Gasteiger partial charge on any atom is -0.352 e. The summed E-state index contributed by atoms with van der Waals surface area (Å²) in [6.07, 6.45) is 2.19. The Hall–Kier alpha value is -3.18. The standard InChI is InChI=1S/C21H18ClN3O2/c22-18-8-6-15(7-9-18)10-12-24-20(26)17-11-13-23-19(14-17)25-21(27)16-4-2-1-3-5-16/h1-9,11,13-14H,10,12H2,(H,24,26)(H,23,25,27). The summed E-state index contributed by atoms with van der Waals surface area (Å²) < 4.78 is 0. The molecule has 0 bridgehead atoms. The van der Waals surface area contributed by atoms with Gasteiger partial charge >= 0.3 is 0 Å². The molecule has 3 rings (SSSR count). The van der Waals surface area contributed by atoms with Crippen LogP contribution in [0.4, 0.5) is 5.82 Å². The van der Waals surface area contributed by atoms with E-state index in [1.807, 2.05) is 30.3 Å². The van der Waals surface area contributed by atoms with Crippen molar-refractivity contribution >= 4 is 29.2 Å². The average Bonchev–Trinajstić information content (AvgIpc) is 2.70. The number of amides is 2. The molecule has 0 aliphatic carbocycles. The molecule has 2 aromatic carbocycles. The Labute approximate surface area is 162 Å². The van der Waals surface area contributed by atoms with Crippen molar-refractivity contribution in [3.63, 3.8) is 0 Å². The van der Waals surface area contributed by atoms with Gasteiger partial charge < -0.3 is 10.6 Å². The van der Waals surface area contributed by atoms with Crippen molar-refractivity contribution in [2.24, 2.45) is 0 Å². The van der Waals surface area contributed by atoms with E-state index < -0.39 is 0 Å². The highest BCUT2D eigenvalue weighted by Crippen LogP contribution is 2.11. The topological polar surface area (TPSA) is 71.1 Å². The number of anilines is 1. The Morgan fingerprint density at radius 1 is 0.889 bits per heavy atom. The van der Waals surface area contributed by atoms with E-state index in [2.05, 4.69) is 15.6 Å². The van der Waals surface area contributed by atoms with Crippen LogP contribution < -0.4 is 10.6 Å². The highest BCUT2D eigenvalue weighted by Gasteiger charge is 2.10. The van der Waals surface area contributed by atoms with Gasteiger partial charge in [-0.3, -0.25) is 9.59 Å². The number of hydrogen-bond acceptors (Lipinski definition) is 3. The van der Waals surface area contributed by atoms with E-state index in [9.17, 15) is 9.59 Å². The van der Waals surface area contributed by atoms with E-state index in [0.29, 0.717) is 34.9 Å². The second-order valence-corrected chi connectivity index (χ2v) is 6.32. The molecule has 5 nitrogen and oxygen atoms in total. The molecule has 3 aromatic rings. The van der Waals surface area contributed by atoms with E-state index in [1.165, 1.54) is 6.20 Å². The smallest absolute Gasteiger partial charge is 0.256 e. The van der Waals surface area contributed by atoms with Gasteiger partial charge in [-0.1, -0.05) is 41.9 Å². The quantitative estimate of drug-likeness (QED) is 0.681. The molecule has 27 heavy (non-hydrogen) atoms. The fourth-order valence-electron chi connectivity index (χ4n) is 2.49. The van der Waals surface area contributed by atoms with Crippen molar-refractivity contribution in [3.05, 3.63) is 94.6 Å². The Morgan fingerprint density at radius 3 is 2.37 bits per heavy atom. The van der Waals surface area contributed by atoms with Crippen LogP contribution in [0.15, 0.2) is 72.9 Å². The number of hydrogen-bond donors (Lipinski definition) is 2. The molecule has 0 radical (unpaired) electrons. The van der Waals surface area contributed by atoms with E-state index in [0.717, 1.165) is 5.56 Å². The molecule has 1 heterocycles. The highest BCUT2D eigenvalue weighted by atomic mass is 35.5. The van der Waals surface area contributed by atoms with Crippen LogP contribution in [-0.2, 0) is 6.42 Å². The number of nitrogens with zero attached hydrogens (tertiary/aromatic N) is 1. The first-order valence-corrected chi connectivity index (χ1v) is 8.85. The lowest BCUT2D eigenvalue weighted by molar-refractivity contribution is 0.0952. The Kier molecular flexibility index (Phi) is 6.18. The van der Waals surface area contributed by atoms with Crippen molar-refractivity contribution in [3.8, 4) is 0 Å². The van der Waals surface area contributed by atoms with Gasteiger partial charge in [0.1, 0.15) is 5.82 Å². The van der Waals surface area contributed by atoms with Crippen LogP contribution in [0.5, 0.6) is 0 Å². The third kappa shape index (κ3) is 5.39. The molecule has 0 unspecified atom stereocenters. The lowest BCUT2D eigenvalue weighted by Crippen LogP contribution is -2.26. The maximum atomic E-state index is 12.3. The Bertz CT molecular complexity index is 928. The van der Waals surface area contributed by atoms with Crippen molar-refractivity contribution < 1.29 is 9.59 Å². The van der Waals surface area contributed by atoms with Gasteiger partial charge in [-0.05, 0) is 48.4 Å². The number of halogens is 1. The lowest BCUT2D eigenvalue weighted by atomic mass is 10.1. The van der Waals surface area contributed by atoms with Gasteiger partial charge in [0.2, 0.25) is 0 Å². The van der Waals surface area contributed by atoms with E-state index in [-0.39, 0.29) is 11.8 Å². The number of aromatic nitrogens is 1. The number of carbonyl (C=O) groups excluding carboxylic acids is 2. The zero-order valence-electron chi connectivity index (χ0n) is 14.5.